The van der Waals surface area contributed by atoms with Crippen molar-refractivity contribution in [1.82, 2.24) is 4.90 Å². The van der Waals surface area contributed by atoms with Gasteiger partial charge in [0.2, 0.25) is 0 Å². The summed E-state index contributed by atoms with van der Waals surface area (Å²) in [6.45, 7) is 12.5. The van der Waals surface area contributed by atoms with Crippen molar-refractivity contribution >= 4 is 38.9 Å². The molecule has 4 atom stereocenters. The van der Waals surface area contributed by atoms with Crippen LogP contribution < -0.4 is 0 Å². The van der Waals surface area contributed by atoms with E-state index in [1.165, 1.54) is 0 Å². The van der Waals surface area contributed by atoms with Gasteiger partial charge in [-0.2, -0.15) is 0 Å². The standard InChI is InChI=1S/C28H35Cl2NO4S/c1-7-16-28(6)26(32)31(23(8-2)18-36(33,34)27(3,4)5)24(19-12-14-21(29)15-13-19)25(35-28)20-10-9-11-22(30)17-20/h7,9-15,17,23-25H,1,8,16,18H2,2-6H3/t23-,24+,25+,28+/m0/s1. The zero-order chi connectivity index (χ0) is 26.9. The minimum Gasteiger partial charge on any atom is -0.355 e. The van der Waals surface area contributed by atoms with Gasteiger partial charge in [-0.05, 0) is 69.5 Å². The second-order valence-electron chi connectivity index (χ2n) is 10.5. The van der Waals surface area contributed by atoms with E-state index in [0.717, 1.165) is 11.1 Å². The summed E-state index contributed by atoms with van der Waals surface area (Å²) in [6, 6.07) is 13.4. The summed E-state index contributed by atoms with van der Waals surface area (Å²) in [4.78, 5) is 15.9. The van der Waals surface area contributed by atoms with E-state index in [4.69, 9.17) is 27.9 Å². The summed E-state index contributed by atoms with van der Waals surface area (Å²) < 4.78 is 32.3. The van der Waals surface area contributed by atoms with Gasteiger partial charge in [-0.15, -0.1) is 6.58 Å². The number of carbonyl (C=O) groups is 1. The first-order valence-electron chi connectivity index (χ1n) is 12.1. The lowest BCUT2D eigenvalue weighted by Crippen LogP contribution is -2.61. The van der Waals surface area contributed by atoms with E-state index in [-0.39, 0.29) is 18.1 Å². The maximum absolute atomic E-state index is 14.2. The molecule has 2 aromatic rings. The van der Waals surface area contributed by atoms with Crippen LogP contribution in [-0.2, 0) is 19.4 Å². The molecule has 1 heterocycles. The number of carbonyl (C=O) groups excluding carboxylic acids is 1. The molecule has 0 radical (unpaired) electrons. The number of halogens is 2. The van der Waals surface area contributed by atoms with Crippen LogP contribution >= 0.6 is 23.2 Å². The third kappa shape index (κ3) is 5.83. The van der Waals surface area contributed by atoms with Gasteiger partial charge in [0.25, 0.3) is 5.91 Å². The van der Waals surface area contributed by atoms with Crippen molar-refractivity contribution in [2.24, 2.45) is 0 Å². The Kier molecular flexibility index (Phi) is 8.66. The van der Waals surface area contributed by atoms with E-state index >= 15 is 0 Å². The van der Waals surface area contributed by atoms with Gasteiger partial charge in [0.15, 0.2) is 9.84 Å². The first kappa shape index (κ1) is 28.7. The van der Waals surface area contributed by atoms with Crippen LogP contribution in [0.2, 0.25) is 10.0 Å². The molecule has 0 saturated carbocycles. The Morgan fingerprint density at radius 3 is 2.28 bits per heavy atom. The Balaban J connectivity index is 2.26. The van der Waals surface area contributed by atoms with E-state index in [1.54, 1.807) is 56.9 Å². The van der Waals surface area contributed by atoms with Gasteiger partial charge in [-0.25, -0.2) is 8.42 Å². The maximum atomic E-state index is 14.2. The molecule has 1 amide bonds. The Labute approximate surface area is 225 Å². The minimum atomic E-state index is -3.53. The Hall–Kier alpha value is -1.86. The fourth-order valence-corrected chi connectivity index (χ4v) is 6.30. The van der Waals surface area contributed by atoms with Crippen molar-refractivity contribution in [2.45, 2.75) is 76.0 Å². The van der Waals surface area contributed by atoms with E-state index in [1.807, 2.05) is 37.3 Å². The highest BCUT2D eigenvalue weighted by atomic mass is 35.5. The fourth-order valence-electron chi connectivity index (χ4n) is 4.57. The van der Waals surface area contributed by atoms with Gasteiger partial charge >= 0.3 is 0 Å². The lowest BCUT2D eigenvalue weighted by atomic mass is 9.86. The zero-order valence-electron chi connectivity index (χ0n) is 21.5. The quantitative estimate of drug-likeness (QED) is 0.332. The minimum absolute atomic E-state index is 0.157. The Bertz CT molecular complexity index is 1210. The second kappa shape index (κ2) is 10.9. The van der Waals surface area contributed by atoms with E-state index < -0.39 is 38.4 Å². The third-order valence-corrected chi connectivity index (χ3v) is 9.97. The lowest BCUT2D eigenvalue weighted by Gasteiger charge is -2.52. The van der Waals surface area contributed by atoms with Crippen LogP contribution in [0.4, 0.5) is 0 Å². The molecule has 0 bridgehead atoms. The molecule has 8 heteroatoms. The van der Waals surface area contributed by atoms with Crippen LogP contribution in [0.3, 0.4) is 0 Å². The maximum Gasteiger partial charge on any atom is 0.255 e. The van der Waals surface area contributed by atoms with Crippen molar-refractivity contribution in [3.63, 3.8) is 0 Å². The average molecular weight is 553 g/mol. The summed E-state index contributed by atoms with van der Waals surface area (Å²) in [5, 5.41) is 1.11. The normalized spacial score (nSPS) is 24.0. The summed E-state index contributed by atoms with van der Waals surface area (Å²) in [7, 11) is -3.53. The summed E-state index contributed by atoms with van der Waals surface area (Å²) >= 11 is 12.5. The molecule has 3 rings (SSSR count). The molecule has 0 aliphatic carbocycles. The molecule has 2 aromatic carbocycles. The first-order chi connectivity index (χ1) is 16.7. The molecule has 0 N–H and O–H groups in total. The Morgan fingerprint density at radius 1 is 1.11 bits per heavy atom. The Morgan fingerprint density at radius 2 is 1.75 bits per heavy atom. The van der Waals surface area contributed by atoms with Gasteiger partial charge in [-0.1, -0.05) is 60.5 Å². The molecule has 1 saturated heterocycles. The summed E-state index contributed by atoms with van der Waals surface area (Å²) in [5.41, 5.74) is 0.366. The first-order valence-corrected chi connectivity index (χ1v) is 14.5. The van der Waals surface area contributed by atoms with Crippen molar-refractivity contribution < 1.29 is 17.9 Å². The monoisotopic (exact) mass is 551 g/mol. The van der Waals surface area contributed by atoms with Crippen molar-refractivity contribution in [3.8, 4) is 0 Å². The third-order valence-electron chi connectivity index (χ3n) is 6.79. The van der Waals surface area contributed by atoms with Crippen LogP contribution in [0.15, 0.2) is 61.2 Å². The van der Waals surface area contributed by atoms with Crippen LogP contribution in [0, 0.1) is 0 Å². The van der Waals surface area contributed by atoms with Gasteiger partial charge in [-0.3, -0.25) is 4.79 Å². The highest BCUT2D eigenvalue weighted by molar-refractivity contribution is 7.92. The molecule has 1 fully saturated rings. The van der Waals surface area contributed by atoms with Crippen molar-refractivity contribution in [2.75, 3.05) is 5.75 Å². The summed E-state index contributed by atoms with van der Waals surface area (Å²) in [5.74, 6) is -0.425. The van der Waals surface area contributed by atoms with Gasteiger partial charge in [0.05, 0.1) is 16.5 Å². The molecule has 0 aromatic heterocycles. The van der Waals surface area contributed by atoms with Gasteiger partial charge < -0.3 is 9.64 Å². The van der Waals surface area contributed by atoms with E-state index in [2.05, 4.69) is 6.58 Å². The topological polar surface area (TPSA) is 63.7 Å². The molecule has 0 unspecified atom stereocenters. The number of benzene rings is 2. The van der Waals surface area contributed by atoms with E-state index in [9.17, 15) is 13.2 Å². The molecule has 1 aliphatic heterocycles. The molecule has 1 aliphatic rings. The molecule has 196 valence electrons. The summed E-state index contributed by atoms with van der Waals surface area (Å²) in [6.07, 6.45) is 1.78. The van der Waals surface area contributed by atoms with Gasteiger partial charge in [0.1, 0.15) is 11.7 Å². The average Bonchev–Trinajstić information content (AvgIpc) is 2.79. The smallest absolute Gasteiger partial charge is 0.255 e. The molecule has 0 spiro atoms. The molecular formula is C28H35Cl2NO4S. The molecule has 36 heavy (non-hydrogen) atoms. The molecular weight excluding hydrogens is 517 g/mol. The van der Waals surface area contributed by atoms with Crippen LogP contribution in [0.5, 0.6) is 0 Å². The number of sulfone groups is 1. The second-order valence-corrected chi connectivity index (χ2v) is 14.1. The van der Waals surface area contributed by atoms with Crippen LogP contribution in [0.1, 0.15) is 70.7 Å². The van der Waals surface area contributed by atoms with E-state index in [0.29, 0.717) is 16.5 Å². The predicted molar refractivity (Wildman–Crippen MR) is 147 cm³/mol. The van der Waals surface area contributed by atoms with Crippen LogP contribution in [-0.4, -0.2) is 41.4 Å². The number of ether oxygens (including phenoxy) is 1. The van der Waals surface area contributed by atoms with Crippen LogP contribution in [0.25, 0.3) is 0 Å². The number of amides is 1. The van der Waals surface area contributed by atoms with Gasteiger partial charge in [0, 0.05) is 22.5 Å². The number of hydrogen-bond donors (Lipinski definition) is 0. The number of hydrogen-bond acceptors (Lipinski definition) is 4. The highest BCUT2D eigenvalue weighted by Crippen LogP contribution is 2.48. The zero-order valence-corrected chi connectivity index (χ0v) is 23.8. The van der Waals surface area contributed by atoms with Crippen molar-refractivity contribution in [1.29, 1.82) is 0 Å². The molecule has 5 nitrogen and oxygen atoms in total. The van der Waals surface area contributed by atoms with Crippen molar-refractivity contribution in [3.05, 3.63) is 82.4 Å². The lowest BCUT2D eigenvalue weighted by molar-refractivity contribution is -0.201. The number of morpholine rings is 1. The fraction of sp³-hybridized carbons (Fsp3) is 0.464. The largest absolute Gasteiger partial charge is 0.355 e. The number of nitrogens with zero attached hydrogens (tertiary/aromatic N) is 1. The number of rotatable bonds is 8. The SMILES string of the molecule is C=CC[C@@]1(C)O[C@H](c2cccc(Cl)c2)[C@@H](c2ccc(Cl)cc2)N([C@@H](CC)CS(=O)(=O)C(C)(C)C)C1=O. The highest BCUT2D eigenvalue weighted by Gasteiger charge is 2.52. The predicted octanol–water partition coefficient (Wildman–Crippen LogP) is 6.96.